The Bertz CT molecular complexity index is 511. The van der Waals surface area contributed by atoms with E-state index in [0.717, 1.165) is 30.7 Å². The third-order valence-electron chi connectivity index (χ3n) is 4.31. The minimum Gasteiger partial charge on any atom is -0.300 e. The molecule has 108 valence electrons. The zero-order chi connectivity index (χ0) is 13.9. The summed E-state index contributed by atoms with van der Waals surface area (Å²) in [5.41, 5.74) is 0. The highest BCUT2D eigenvalue weighted by Gasteiger charge is 2.39. The summed E-state index contributed by atoms with van der Waals surface area (Å²) in [4.78, 5) is 12.3. The molecule has 2 bridgehead atoms. The lowest BCUT2D eigenvalue weighted by Crippen LogP contribution is -2.25. The van der Waals surface area contributed by atoms with Crippen LogP contribution in [0, 0.1) is 17.8 Å². The first kappa shape index (κ1) is 13.7. The average molecular weight is 291 g/mol. The van der Waals surface area contributed by atoms with E-state index in [-0.39, 0.29) is 11.8 Å². The Kier molecular flexibility index (Phi) is 4.15. The topological polar surface area (TPSA) is 54.9 Å². The van der Waals surface area contributed by atoms with E-state index in [1.165, 1.54) is 24.2 Å². The molecule has 3 atom stereocenters. The van der Waals surface area contributed by atoms with Gasteiger partial charge in [-0.05, 0) is 31.1 Å². The quantitative estimate of drug-likeness (QED) is 0.645. The molecule has 4 nitrogen and oxygen atoms in total. The number of nitrogens with one attached hydrogen (secondary N) is 1. The summed E-state index contributed by atoms with van der Waals surface area (Å²) in [6.45, 7) is 2.19. The van der Waals surface area contributed by atoms with Crippen molar-refractivity contribution in [3.63, 3.8) is 0 Å². The third-order valence-corrected chi connectivity index (χ3v) is 5.21. The van der Waals surface area contributed by atoms with E-state index in [2.05, 4.69) is 34.6 Å². The van der Waals surface area contributed by atoms with Gasteiger partial charge >= 0.3 is 0 Å². The minimum atomic E-state index is 0.123. The van der Waals surface area contributed by atoms with Crippen LogP contribution in [0.5, 0.6) is 0 Å². The number of unbranched alkanes of at least 4 members (excludes halogenated alkanes) is 2. The van der Waals surface area contributed by atoms with Crippen LogP contribution in [0.4, 0.5) is 5.13 Å². The fourth-order valence-electron chi connectivity index (χ4n) is 3.21. The second-order valence-electron chi connectivity index (χ2n) is 5.83. The highest BCUT2D eigenvalue weighted by molar-refractivity contribution is 7.15. The fraction of sp³-hybridized carbons (Fsp3) is 0.667. The number of aryl methyl sites for hydroxylation is 1. The summed E-state index contributed by atoms with van der Waals surface area (Å²) in [6, 6.07) is 0. The van der Waals surface area contributed by atoms with Gasteiger partial charge in [-0.15, -0.1) is 10.2 Å². The smallest absolute Gasteiger partial charge is 0.229 e. The Morgan fingerprint density at radius 2 is 2.25 bits per heavy atom. The standard InChI is InChI=1S/C15H21N3OS/c1-2-3-4-5-13-17-18-15(20-13)16-14(19)12-9-10-6-7-11(12)8-10/h6-7,10-12H,2-5,8-9H2,1H3,(H,16,18,19)/t10-,11+,12-/m1/s1. The van der Waals surface area contributed by atoms with Gasteiger partial charge in [0.1, 0.15) is 5.01 Å². The van der Waals surface area contributed by atoms with Gasteiger partial charge in [-0.3, -0.25) is 4.79 Å². The van der Waals surface area contributed by atoms with Crippen molar-refractivity contribution in [2.75, 3.05) is 5.32 Å². The van der Waals surface area contributed by atoms with Crippen LogP contribution in [0.1, 0.15) is 44.0 Å². The molecule has 0 unspecified atom stereocenters. The monoisotopic (exact) mass is 291 g/mol. The molecule has 0 aromatic carbocycles. The highest BCUT2D eigenvalue weighted by Crippen LogP contribution is 2.43. The SMILES string of the molecule is CCCCCc1nnc(NC(=O)[C@@H]2C[C@@H]3C=C[C@H]2C3)s1. The lowest BCUT2D eigenvalue weighted by molar-refractivity contribution is -0.120. The van der Waals surface area contributed by atoms with E-state index in [9.17, 15) is 4.79 Å². The molecule has 2 aliphatic carbocycles. The van der Waals surface area contributed by atoms with E-state index in [0.29, 0.717) is 17.0 Å². The third kappa shape index (κ3) is 2.92. The normalized spacial score (nSPS) is 27.1. The molecular formula is C15H21N3OS. The molecule has 0 radical (unpaired) electrons. The van der Waals surface area contributed by atoms with E-state index < -0.39 is 0 Å². The first-order valence-corrected chi connectivity index (χ1v) is 8.39. The first-order chi connectivity index (χ1) is 9.76. The predicted molar refractivity (Wildman–Crippen MR) is 80.6 cm³/mol. The van der Waals surface area contributed by atoms with Crippen LogP contribution in [-0.4, -0.2) is 16.1 Å². The molecule has 0 saturated heterocycles. The number of hydrogen-bond donors (Lipinski definition) is 1. The summed E-state index contributed by atoms with van der Waals surface area (Å²) < 4.78 is 0. The Balaban J connectivity index is 1.53. The van der Waals surface area contributed by atoms with E-state index in [1.807, 2.05) is 0 Å². The highest BCUT2D eigenvalue weighted by atomic mass is 32.1. The van der Waals surface area contributed by atoms with E-state index >= 15 is 0 Å². The van der Waals surface area contributed by atoms with Crippen molar-refractivity contribution in [1.29, 1.82) is 0 Å². The maximum atomic E-state index is 12.3. The second kappa shape index (κ2) is 6.04. The molecule has 1 aromatic heterocycles. The summed E-state index contributed by atoms with van der Waals surface area (Å²) >= 11 is 1.52. The van der Waals surface area contributed by atoms with Gasteiger partial charge in [-0.1, -0.05) is 43.3 Å². The van der Waals surface area contributed by atoms with Crippen molar-refractivity contribution in [2.24, 2.45) is 17.8 Å². The number of allylic oxidation sites excluding steroid dienone is 2. The second-order valence-corrected chi connectivity index (χ2v) is 6.90. The maximum Gasteiger partial charge on any atom is 0.229 e. The van der Waals surface area contributed by atoms with Gasteiger partial charge in [0.15, 0.2) is 0 Å². The van der Waals surface area contributed by atoms with Gasteiger partial charge in [-0.25, -0.2) is 0 Å². The summed E-state index contributed by atoms with van der Waals surface area (Å²) in [5.74, 6) is 1.32. The van der Waals surface area contributed by atoms with Crippen molar-refractivity contribution < 1.29 is 4.79 Å². The van der Waals surface area contributed by atoms with Crippen molar-refractivity contribution >= 4 is 22.4 Å². The Morgan fingerprint density at radius 1 is 1.35 bits per heavy atom. The Morgan fingerprint density at radius 3 is 2.95 bits per heavy atom. The molecule has 0 aliphatic heterocycles. The largest absolute Gasteiger partial charge is 0.300 e. The zero-order valence-electron chi connectivity index (χ0n) is 11.8. The van der Waals surface area contributed by atoms with Gasteiger partial charge in [0.25, 0.3) is 0 Å². The van der Waals surface area contributed by atoms with E-state index in [1.54, 1.807) is 0 Å². The summed E-state index contributed by atoms with van der Waals surface area (Å²) in [7, 11) is 0. The molecule has 1 heterocycles. The van der Waals surface area contributed by atoms with E-state index in [4.69, 9.17) is 0 Å². The zero-order valence-corrected chi connectivity index (χ0v) is 12.7. The molecular weight excluding hydrogens is 270 g/mol. The van der Waals surface area contributed by atoms with Crippen LogP contribution >= 0.6 is 11.3 Å². The molecule has 1 amide bonds. The van der Waals surface area contributed by atoms with Crippen molar-refractivity contribution in [3.05, 3.63) is 17.2 Å². The van der Waals surface area contributed by atoms with Gasteiger partial charge in [-0.2, -0.15) is 0 Å². The molecule has 5 heteroatoms. The molecule has 3 rings (SSSR count). The number of carbonyl (C=O) groups excluding carboxylic acids is 1. The van der Waals surface area contributed by atoms with Gasteiger partial charge in [0.2, 0.25) is 11.0 Å². The molecule has 1 N–H and O–H groups in total. The van der Waals surface area contributed by atoms with Crippen molar-refractivity contribution in [2.45, 2.75) is 45.4 Å². The Hall–Kier alpha value is -1.23. The van der Waals surface area contributed by atoms with Crippen LogP contribution in [-0.2, 0) is 11.2 Å². The number of nitrogens with zero attached hydrogens (tertiary/aromatic N) is 2. The molecule has 1 fully saturated rings. The number of fused-ring (bicyclic) bond motifs is 2. The predicted octanol–water partition coefficient (Wildman–Crippen LogP) is 3.42. The van der Waals surface area contributed by atoms with Gasteiger partial charge in [0, 0.05) is 12.3 Å². The minimum absolute atomic E-state index is 0.123. The van der Waals surface area contributed by atoms with Crippen molar-refractivity contribution in [1.82, 2.24) is 10.2 Å². The number of amides is 1. The number of hydrogen-bond acceptors (Lipinski definition) is 4. The van der Waals surface area contributed by atoms with Crippen LogP contribution < -0.4 is 5.32 Å². The molecule has 1 aromatic rings. The van der Waals surface area contributed by atoms with Crippen LogP contribution in [0.3, 0.4) is 0 Å². The average Bonchev–Trinajstić information content (AvgIpc) is 3.15. The van der Waals surface area contributed by atoms with Crippen LogP contribution in [0.2, 0.25) is 0 Å². The number of anilines is 1. The molecule has 1 saturated carbocycles. The molecule has 0 spiro atoms. The van der Waals surface area contributed by atoms with Gasteiger partial charge in [0.05, 0.1) is 0 Å². The number of carbonyl (C=O) groups is 1. The summed E-state index contributed by atoms with van der Waals surface area (Å²) in [5, 5.41) is 12.9. The molecule has 20 heavy (non-hydrogen) atoms. The van der Waals surface area contributed by atoms with Crippen LogP contribution in [0.15, 0.2) is 12.2 Å². The number of rotatable bonds is 6. The molecule has 2 aliphatic rings. The first-order valence-electron chi connectivity index (χ1n) is 7.58. The number of aromatic nitrogens is 2. The summed E-state index contributed by atoms with van der Waals surface area (Å²) in [6.07, 6.45) is 11.2. The van der Waals surface area contributed by atoms with Gasteiger partial charge < -0.3 is 5.32 Å². The Labute approximate surface area is 123 Å². The maximum absolute atomic E-state index is 12.3. The van der Waals surface area contributed by atoms with Crippen molar-refractivity contribution in [3.8, 4) is 0 Å². The fourth-order valence-corrected chi connectivity index (χ4v) is 4.00. The lowest BCUT2D eigenvalue weighted by Gasteiger charge is -2.16. The lowest BCUT2D eigenvalue weighted by atomic mass is 9.93. The van der Waals surface area contributed by atoms with Crippen LogP contribution in [0.25, 0.3) is 0 Å².